The fraction of sp³-hybridized carbons (Fsp3) is 0.889. The molecule has 3 rings (SSSR count). The Morgan fingerprint density at radius 3 is 2.20 bits per heavy atom. The van der Waals surface area contributed by atoms with Crippen LogP contribution in [0.25, 0.3) is 0 Å². The normalized spacial score (nSPS) is 36.7. The first kappa shape index (κ1) is 19.0. The van der Waals surface area contributed by atoms with Crippen LogP contribution in [-0.2, 0) is 23.8 Å². The van der Waals surface area contributed by atoms with Crippen LogP contribution >= 0.6 is 11.8 Å². The average Bonchev–Trinajstić information content (AvgIpc) is 3.32. The van der Waals surface area contributed by atoms with E-state index in [2.05, 4.69) is 0 Å². The number of hydrogen-bond acceptors (Lipinski definition) is 7. The molecular formula is C18H28O6S. The van der Waals surface area contributed by atoms with Gasteiger partial charge in [0.2, 0.25) is 0 Å². The number of rotatable bonds is 6. The van der Waals surface area contributed by atoms with E-state index >= 15 is 0 Å². The molecule has 6 nitrogen and oxygen atoms in total. The molecule has 1 heterocycles. The number of fused-ring (bicyclic) bond motifs is 1. The van der Waals surface area contributed by atoms with Crippen LogP contribution in [0.15, 0.2) is 0 Å². The summed E-state index contributed by atoms with van der Waals surface area (Å²) < 4.78 is 16.4. The number of hydrogen-bond donors (Lipinski definition) is 1. The minimum Gasteiger partial charge on any atom is -0.451 e. The van der Waals surface area contributed by atoms with E-state index in [4.69, 9.17) is 14.2 Å². The van der Waals surface area contributed by atoms with Gasteiger partial charge in [-0.15, -0.1) is 0 Å². The van der Waals surface area contributed by atoms with Crippen molar-refractivity contribution in [3.63, 3.8) is 0 Å². The van der Waals surface area contributed by atoms with Crippen LogP contribution in [-0.4, -0.2) is 46.2 Å². The van der Waals surface area contributed by atoms with Gasteiger partial charge in [-0.1, -0.05) is 18.2 Å². The van der Waals surface area contributed by atoms with E-state index in [1.54, 1.807) is 13.8 Å². The van der Waals surface area contributed by atoms with Gasteiger partial charge in [0.05, 0.1) is 30.1 Å². The smallest absolute Gasteiger partial charge is 0.310 e. The highest BCUT2D eigenvalue weighted by Gasteiger charge is 2.46. The highest BCUT2D eigenvalue weighted by Crippen LogP contribution is 2.40. The van der Waals surface area contributed by atoms with Crippen molar-refractivity contribution < 1.29 is 28.9 Å². The fourth-order valence-electron chi connectivity index (χ4n) is 3.84. The van der Waals surface area contributed by atoms with Gasteiger partial charge in [-0.05, 0) is 52.4 Å². The molecule has 142 valence electrons. The minimum atomic E-state index is -0.403. The van der Waals surface area contributed by atoms with Gasteiger partial charge in [0.15, 0.2) is 0 Å². The first-order valence-corrected chi connectivity index (χ1v) is 10.3. The fourth-order valence-corrected chi connectivity index (χ4v) is 4.68. The van der Waals surface area contributed by atoms with Gasteiger partial charge in [-0.2, -0.15) is 0 Å². The molecule has 3 aliphatic rings. The van der Waals surface area contributed by atoms with Gasteiger partial charge in [-0.25, -0.2) is 0 Å². The maximum absolute atomic E-state index is 12.2. The predicted octanol–water partition coefficient (Wildman–Crippen LogP) is 2.62. The zero-order valence-electron chi connectivity index (χ0n) is 14.9. The first-order chi connectivity index (χ1) is 11.9. The highest BCUT2D eigenvalue weighted by molar-refractivity contribution is 8.00. The molecule has 0 aromatic carbocycles. The Labute approximate surface area is 153 Å². The maximum atomic E-state index is 12.2. The molecule has 0 bridgehead atoms. The van der Waals surface area contributed by atoms with E-state index in [-0.39, 0.29) is 35.3 Å². The Bertz CT molecular complexity index is 474. The Morgan fingerprint density at radius 2 is 1.60 bits per heavy atom. The summed E-state index contributed by atoms with van der Waals surface area (Å²) >= 11 is 1.32. The van der Waals surface area contributed by atoms with Crippen LogP contribution in [0, 0.1) is 11.8 Å². The van der Waals surface area contributed by atoms with Gasteiger partial charge >= 0.3 is 11.9 Å². The van der Waals surface area contributed by atoms with Crippen LogP contribution < -0.4 is 0 Å². The third kappa shape index (κ3) is 5.34. The van der Waals surface area contributed by atoms with E-state index in [1.807, 2.05) is 0 Å². The van der Waals surface area contributed by atoms with E-state index in [0.29, 0.717) is 12.5 Å². The molecule has 0 spiro atoms. The van der Waals surface area contributed by atoms with E-state index in [9.17, 15) is 14.7 Å². The first-order valence-electron chi connectivity index (χ1n) is 9.32. The molecule has 0 radical (unpaired) electrons. The summed E-state index contributed by atoms with van der Waals surface area (Å²) in [4.78, 5) is 24.4. The molecule has 7 atom stereocenters. The Morgan fingerprint density at radius 1 is 0.960 bits per heavy atom. The van der Waals surface area contributed by atoms with Crippen molar-refractivity contribution in [3.05, 3.63) is 0 Å². The average molecular weight is 372 g/mol. The molecule has 25 heavy (non-hydrogen) atoms. The van der Waals surface area contributed by atoms with Crippen molar-refractivity contribution >= 4 is 23.7 Å². The van der Waals surface area contributed by atoms with Crippen molar-refractivity contribution in [1.82, 2.24) is 0 Å². The molecule has 0 aromatic rings. The number of ether oxygens (including phenoxy) is 3. The Kier molecular flexibility index (Phi) is 6.28. The SMILES string of the molecule is CC(OC(=O)C1CCCC(O)C1)SC(C)OC(=O)C1CCC2OC2C1. The largest absolute Gasteiger partial charge is 0.451 e. The van der Waals surface area contributed by atoms with Crippen molar-refractivity contribution in [1.29, 1.82) is 0 Å². The summed E-state index contributed by atoms with van der Waals surface area (Å²) in [6.45, 7) is 3.59. The van der Waals surface area contributed by atoms with Crippen molar-refractivity contribution in [3.8, 4) is 0 Å². The van der Waals surface area contributed by atoms with Crippen LogP contribution in [0.3, 0.4) is 0 Å². The lowest BCUT2D eigenvalue weighted by Gasteiger charge is -2.26. The third-order valence-electron chi connectivity index (χ3n) is 5.26. The second kappa shape index (κ2) is 8.27. The van der Waals surface area contributed by atoms with Gasteiger partial charge in [0.25, 0.3) is 0 Å². The molecular weight excluding hydrogens is 344 g/mol. The topological polar surface area (TPSA) is 85.4 Å². The molecule has 1 aliphatic heterocycles. The molecule has 7 unspecified atom stereocenters. The van der Waals surface area contributed by atoms with Gasteiger partial charge in [-0.3, -0.25) is 9.59 Å². The summed E-state index contributed by atoms with van der Waals surface area (Å²) in [5, 5.41) is 9.67. The second-order valence-corrected chi connectivity index (χ2v) is 8.99. The number of carbonyl (C=O) groups excluding carboxylic acids is 2. The van der Waals surface area contributed by atoms with E-state index in [1.165, 1.54) is 11.8 Å². The summed E-state index contributed by atoms with van der Waals surface area (Å²) in [6.07, 6.45) is 5.59. The quantitative estimate of drug-likeness (QED) is 0.436. The number of aliphatic hydroxyl groups is 1. The highest BCUT2D eigenvalue weighted by atomic mass is 32.2. The van der Waals surface area contributed by atoms with Crippen LogP contribution in [0.5, 0.6) is 0 Å². The molecule has 2 aliphatic carbocycles. The number of esters is 2. The number of thioether (sulfide) groups is 1. The van der Waals surface area contributed by atoms with Crippen LogP contribution in [0.2, 0.25) is 0 Å². The van der Waals surface area contributed by atoms with Crippen molar-refractivity contribution in [2.75, 3.05) is 0 Å². The third-order valence-corrected chi connectivity index (χ3v) is 6.22. The molecule has 1 saturated heterocycles. The summed E-state index contributed by atoms with van der Waals surface area (Å²) in [5.74, 6) is -0.740. The number of aliphatic hydroxyl groups excluding tert-OH is 1. The monoisotopic (exact) mass is 372 g/mol. The summed E-state index contributed by atoms with van der Waals surface area (Å²) in [6, 6.07) is 0. The van der Waals surface area contributed by atoms with Gasteiger partial charge in [0, 0.05) is 0 Å². The molecule has 1 N–H and O–H groups in total. The number of epoxide rings is 1. The minimum absolute atomic E-state index is 0.0756. The lowest BCUT2D eigenvalue weighted by molar-refractivity contribution is -0.152. The lowest BCUT2D eigenvalue weighted by Crippen LogP contribution is -2.30. The summed E-state index contributed by atoms with van der Waals surface area (Å²) in [7, 11) is 0. The molecule has 2 saturated carbocycles. The zero-order chi connectivity index (χ0) is 18.0. The van der Waals surface area contributed by atoms with Crippen molar-refractivity contribution in [2.24, 2.45) is 11.8 Å². The standard InChI is InChI=1S/C18H28O6S/c1-10(22-17(20)12-4-3-5-14(19)8-12)25-11(2)23-18(21)13-6-7-15-16(9-13)24-15/h10-16,19H,3-9H2,1-2H3. The predicted molar refractivity (Wildman–Crippen MR) is 92.7 cm³/mol. The second-order valence-electron chi connectivity index (χ2n) is 7.39. The Balaban J connectivity index is 1.37. The Hall–Kier alpha value is -0.790. The van der Waals surface area contributed by atoms with Crippen molar-refractivity contribution in [2.45, 2.75) is 88.0 Å². The van der Waals surface area contributed by atoms with Crippen LogP contribution in [0.4, 0.5) is 0 Å². The molecule has 0 aromatic heterocycles. The zero-order valence-corrected chi connectivity index (χ0v) is 15.7. The van der Waals surface area contributed by atoms with E-state index in [0.717, 1.165) is 38.5 Å². The molecule has 3 fully saturated rings. The lowest BCUT2D eigenvalue weighted by atomic mass is 9.87. The van der Waals surface area contributed by atoms with Crippen LogP contribution in [0.1, 0.15) is 58.8 Å². The summed E-state index contributed by atoms with van der Waals surface area (Å²) in [5.41, 5.74) is -0.762. The van der Waals surface area contributed by atoms with E-state index < -0.39 is 11.5 Å². The number of carbonyl (C=O) groups is 2. The van der Waals surface area contributed by atoms with Gasteiger partial charge in [0.1, 0.15) is 10.9 Å². The molecule has 7 heteroatoms. The van der Waals surface area contributed by atoms with Gasteiger partial charge < -0.3 is 19.3 Å². The maximum Gasteiger partial charge on any atom is 0.310 e. The molecule has 0 amide bonds.